The van der Waals surface area contributed by atoms with Gasteiger partial charge < -0.3 is 19.1 Å². The van der Waals surface area contributed by atoms with E-state index in [-0.39, 0.29) is 12.4 Å². The van der Waals surface area contributed by atoms with Crippen LogP contribution >= 0.6 is 7.75 Å². The quantitative estimate of drug-likeness (QED) is 0.0805. The number of carbonyl (C=O) groups is 1. The summed E-state index contributed by atoms with van der Waals surface area (Å²) in [6.45, 7) is 4.34. The molecule has 1 aliphatic rings. The minimum atomic E-state index is -4.30. The van der Waals surface area contributed by atoms with Gasteiger partial charge in [0.1, 0.15) is 23.4 Å². The molecular formula is C23H31N6O9P. The Morgan fingerprint density at radius 3 is 2.72 bits per heavy atom. The fourth-order valence-corrected chi connectivity index (χ4v) is 5.31. The Balaban J connectivity index is 1.83. The maximum Gasteiger partial charge on any atom is 0.459 e. The number of benzene rings is 1. The summed E-state index contributed by atoms with van der Waals surface area (Å²) in [5, 5.41) is 17.2. The smallest absolute Gasteiger partial charge is 0.459 e. The summed E-state index contributed by atoms with van der Waals surface area (Å²) in [6, 6.07) is 8.03. The van der Waals surface area contributed by atoms with Crippen LogP contribution in [0.2, 0.25) is 0 Å². The average Bonchev–Trinajstić information content (AvgIpc) is 3.13. The summed E-state index contributed by atoms with van der Waals surface area (Å²) in [6.07, 6.45) is -1.56. The number of esters is 1. The van der Waals surface area contributed by atoms with Gasteiger partial charge in [0.05, 0.1) is 19.3 Å². The highest BCUT2D eigenvalue weighted by atomic mass is 31.2. The number of aliphatic hydroxyl groups excluding tert-OH is 1. The molecule has 212 valence electrons. The molecule has 1 unspecified atom stereocenters. The SMILES string of the molecule is CCCCOC(=O)[C@H](C)NP(=O)(OC[C@H]1O[C@@H](n2ccc(=O)[nH]c2=O)[C@](C)(N=[N+]=[N-])[C@@H]1O)Oc1ccccc1. The van der Waals surface area contributed by atoms with E-state index in [0.29, 0.717) is 6.42 Å². The van der Waals surface area contributed by atoms with E-state index < -0.39 is 61.6 Å². The Labute approximate surface area is 223 Å². The molecule has 1 aromatic heterocycles. The minimum Gasteiger partial charge on any atom is -0.465 e. The van der Waals surface area contributed by atoms with Crippen molar-refractivity contribution < 1.29 is 33.0 Å². The number of hydrogen-bond donors (Lipinski definition) is 3. The predicted molar refractivity (Wildman–Crippen MR) is 138 cm³/mol. The summed E-state index contributed by atoms with van der Waals surface area (Å²) < 4.78 is 36.9. The number of aromatic amines is 1. The molecule has 0 amide bonds. The summed E-state index contributed by atoms with van der Waals surface area (Å²) in [5.41, 5.74) is 5.87. The van der Waals surface area contributed by atoms with E-state index in [1.165, 1.54) is 26.0 Å². The van der Waals surface area contributed by atoms with Crippen molar-refractivity contribution >= 4 is 13.7 Å². The summed E-state index contributed by atoms with van der Waals surface area (Å²) in [7, 11) is -4.30. The monoisotopic (exact) mass is 566 g/mol. The van der Waals surface area contributed by atoms with Crippen molar-refractivity contribution in [3.8, 4) is 5.75 Å². The average molecular weight is 567 g/mol. The molecule has 0 saturated carbocycles. The van der Waals surface area contributed by atoms with Crippen molar-refractivity contribution in [1.82, 2.24) is 14.6 Å². The largest absolute Gasteiger partial charge is 0.465 e. The lowest BCUT2D eigenvalue weighted by atomic mass is 9.93. The third-order valence-electron chi connectivity index (χ3n) is 5.94. The second-order valence-corrected chi connectivity index (χ2v) is 10.7. The number of nitrogens with one attached hydrogen (secondary N) is 2. The van der Waals surface area contributed by atoms with E-state index >= 15 is 0 Å². The van der Waals surface area contributed by atoms with Gasteiger partial charge >= 0.3 is 19.4 Å². The lowest BCUT2D eigenvalue weighted by Crippen LogP contribution is -2.45. The molecule has 0 aliphatic carbocycles. The van der Waals surface area contributed by atoms with E-state index in [0.717, 1.165) is 23.3 Å². The van der Waals surface area contributed by atoms with Gasteiger partial charge in [-0.25, -0.2) is 9.36 Å². The van der Waals surface area contributed by atoms with Gasteiger partial charge in [-0.05, 0) is 37.9 Å². The number of unbranched alkanes of at least 4 members (excludes halogenated alkanes) is 1. The molecule has 39 heavy (non-hydrogen) atoms. The zero-order valence-electron chi connectivity index (χ0n) is 21.6. The molecule has 0 spiro atoms. The molecule has 0 radical (unpaired) electrons. The normalized spacial score (nSPS) is 24.8. The summed E-state index contributed by atoms with van der Waals surface area (Å²) in [5.74, 6) is -0.501. The highest BCUT2D eigenvalue weighted by Gasteiger charge is 2.55. The Hall–Kier alpha value is -3.45. The number of carbonyl (C=O) groups excluding carboxylic acids is 1. The first kappa shape index (κ1) is 30.1. The van der Waals surface area contributed by atoms with E-state index in [2.05, 4.69) is 20.1 Å². The van der Waals surface area contributed by atoms with Crippen LogP contribution in [0.5, 0.6) is 5.75 Å². The van der Waals surface area contributed by atoms with Crippen LogP contribution in [0.25, 0.3) is 10.4 Å². The fraction of sp³-hybridized carbons (Fsp3) is 0.522. The van der Waals surface area contributed by atoms with Crippen LogP contribution in [-0.2, 0) is 23.4 Å². The molecule has 1 fully saturated rings. The fourth-order valence-electron chi connectivity index (χ4n) is 3.81. The van der Waals surface area contributed by atoms with E-state index in [1.54, 1.807) is 18.2 Å². The summed E-state index contributed by atoms with van der Waals surface area (Å²) in [4.78, 5) is 41.1. The molecular weight excluding hydrogens is 535 g/mol. The molecule has 3 N–H and O–H groups in total. The van der Waals surface area contributed by atoms with Gasteiger partial charge in [0.2, 0.25) is 0 Å². The number of nitrogens with zero attached hydrogens (tertiary/aromatic N) is 4. The molecule has 1 aromatic carbocycles. The van der Waals surface area contributed by atoms with E-state index in [9.17, 15) is 24.1 Å². The zero-order valence-corrected chi connectivity index (χ0v) is 22.5. The lowest BCUT2D eigenvalue weighted by molar-refractivity contribution is -0.145. The summed E-state index contributed by atoms with van der Waals surface area (Å²) >= 11 is 0. The van der Waals surface area contributed by atoms with E-state index in [4.69, 9.17) is 24.1 Å². The van der Waals surface area contributed by atoms with Crippen molar-refractivity contribution in [2.75, 3.05) is 13.2 Å². The van der Waals surface area contributed by atoms with Crippen LogP contribution in [0, 0.1) is 0 Å². The Bertz CT molecular complexity index is 1350. The van der Waals surface area contributed by atoms with Crippen molar-refractivity contribution in [2.45, 2.75) is 63.6 Å². The molecule has 2 aromatic rings. The number of rotatable bonds is 13. The second kappa shape index (κ2) is 13.1. The number of hydrogen-bond acceptors (Lipinski definition) is 10. The van der Waals surface area contributed by atoms with Crippen LogP contribution < -0.4 is 20.9 Å². The van der Waals surface area contributed by atoms with Crippen LogP contribution in [0.3, 0.4) is 0 Å². The van der Waals surface area contributed by atoms with Crippen LogP contribution in [0.15, 0.2) is 57.3 Å². The maximum atomic E-state index is 13.7. The lowest BCUT2D eigenvalue weighted by Gasteiger charge is -2.28. The maximum absolute atomic E-state index is 13.7. The van der Waals surface area contributed by atoms with Gasteiger partial charge in [-0.2, -0.15) is 5.09 Å². The van der Waals surface area contributed by atoms with Gasteiger partial charge in [-0.1, -0.05) is 36.7 Å². The molecule has 2 heterocycles. The Morgan fingerprint density at radius 1 is 1.36 bits per heavy atom. The predicted octanol–water partition coefficient (Wildman–Crippen LogP) is 2.39. The number of H-pyrrole nitrogens is 1. The highest BCUT2D eigenvalue weighted by molar-refractivity contribution is 7.52. The number of azide groups is 1. The van der Waals surface area contributed by atoms with Gasteiger partial charge in [0, 0.05) is 17.2 Å². The zero-order chi connectivity index (χ0) is 28.6. The third-order valence-corrected chi connectivity index (χ3v) is 7.59. The first-order valence-electron chi connectivity index (χ1n) is 12.2. The first-order valence-corrected chi connectivity index (χ1v) is 13.7. The molecule has 16 heteroatoms. The van der Waals surface area contributed by atoms with Gasteiger partial charge in [0.25, 0.3) is 5.56 Å². The highest BCUT2D eigenvalue weighted by Crippen LogP contribution is 2.47. The number of para-hydroxylation sites is 1. The number of aliphatic hydroxyl groups is 1. The third kappa shape index (κ3) is 7.35. The molecule has 3 rings (SSSR count). The van der Waals surface area contributed by atoms with Crippen molar-refractivity contribution in [3.63, 3.8) is 0 Å². The van der Waals surface area contributed by atoms with E-state index in [1.807, 2.05) is 6.92 Å². The molecule has 6 atom stereocenters. The van der Waals surface area contributed by atoms with Crippen molar-refractivity contribution in [2.24, 2.45) is 5.11 Å². The van der Waals surface area contributed by atoms with Crippen LogP contribution in [-0.4, -0.2) is 57.6 Å². The van der Waals surface area contributed by atoms with Gasteiger partial charge in [0.15, 0.2) is 6.23 Å². The first-order chi connectivity index (χ1) is 18.5. The standard InChI is InChI=1S/C23H31N6O9P/c1-4-5-13-35-20(32)15(2)26-39(34,38-16-9-7-6-8-10-16)36-14-17-19(31)23(3,27-28-24)21(37-17)29-12-11-18(30)25-22(29)33/h6-12,15,17,19,21,31H,4-5,13-14H2,1-3H3,(H,26,34)(H,25,30,33)/t15-,17+,19+,21+,23+,39?/m0/s1. The van der Waals surface area contributed by atoms with Crippen molar-refractivity contribution in [3.05, 3.63) is 73.9 Å². The molecule has 0 bridgehead atoms. The van der Waals surface area contributed by atoms with Gasteiger partial charge in [-0.15, -0.1) is 0 Å². The number of aromatic nitrogens is 2. The number of ether oxygens (including phenoxy) is 2. The van der Waals surface area contributed by atoms with Crippen LogP contribution in [0.4, 0.5) is 0 Å². The Morgan fingerprint density at radius 2 is 2.08 bits per heavy atom. The minimum absolute atomic E-state index is 0.171. The van der Waals surface area contributed by atoms with Gasteiger partial charge in [-0.3, -0.25) is 23.7 Å². The molecule has 1 aliphatic heterocycles. The molecule has 1 saturated heterocycles. The second-order valence-electron chi connectivity index (χ2n) is 8.97. The van der Waals surface area contributed by atoms with Crippen molar-refractivity contribution in [1.29, 1.82) is 0 Å². The Kier molecular flexibility index (Phi) is 10.1. The topological polar surface area (TPSA) is 207 Å². The molecule has 15 nitrogen and oxygen atoms in total. The van der Waals surface area contributed by atoms with Crippen LogP contribution in [0.1, 0.15) is 39.8 Å².